The summed E-state index contributed by atoms with van der Waals surface area (Å²) >= 11 is 5.96. The van der Waals surface area contributed by atoms with Crippen LogP contribution in [0, 0.1) is 0 Å². The molecule has 2 aromatic heterocycles. The monoisotopic (exact) mass is 305 g/mol. The zero-order valence-electron chi connectivity index (χ0n) is 11.4. The third kappa shape index (κ3) is 2.21. The highest BCUT2D eigenvalue weighted by molar-refractivity contribution is 6.30. The summed E-state index contributed by atoms with van der Waals surface area (Å²) in [7, 11) is 3.43. The minimum atomic E-state index is -0.575. The Bertz CT molecular complexity index is 884. The van der Waals surface area contributed by atoms with Crippen molar-refractivity contribution in [3.05, 3.63) is 39.7 Å². The van der Waals surface area contributed by atoms with Gasteiger partial charge >= 0.3 is 11.6 Å². The lowest BCUT2D eigenvalue weighted by atomic mass is 10.3. The minimum Gasteiger partial charge on any atom is -0.388 e. The third-order valence-electron chi connectivity index (χ3n) is 2.93. The number of hydrogen-bond acceptors (Lipinski definition) is 6. The van der Waals surface area contributed by atoms with Crippen molar-refractivity contribution in [1.29, 1.82) is 0 Å². The predicted molar refractivity (Wildman–Crippen MR) is 81.2 cm³/mol. The standard InChI is InChI=1S/C13H12ClN5O2/c1-18(2)13-16-11-9(12(20)21-13)10(15)19(17-11)8-5-3-4-7(14)6-8/h3-6H,15H2,1-2H3. The topological polar surface area (TPSA) is 90.2 Å². The molecule has 108 valence electrons. The van der Waals surface area contributed by atoms with Gasteiger partial charge in [0.05, 0.1) is 5.69 Å². The fraction of sp³-hybridized carbons (Fsp3) is 0.154. The van der Waals surface area contributed by atoms with E-state index in [1.54, 1.807) is 43.3 Å². The summed E-state index contributed by atoms with van der Waals surface area (Å²) in [6.45, 7) is 0. The fourth-order valence-electron chi connectivity index (χ4n) is 1.94. The Hall–Kier alpha value is -2.54. The summed E-state index contributed by atoms with van der Waals surface area (Å²) < 4.78 is 6.52. The van der Waals surface area contributed by atoms with E-state index in [1.807, 2.05) is 0 Å². The highest BCUT2D eigenvalue weighted by Gasteiger charge is 2.18. The van der Waals surface area contributed by atoms with Gasteiger partial charge in [0.15, 0.2) is 5.65 Å². The van der Waals surface area contributed by atoms with Crippen molar-refractivity contribution in [2.75, 3.05) is 24.7 Å². The van der Waals surface area contributed by atoms with Gasteiger partial charge in [0.25, 0.3) is 0 Å². The summed E-state index contributed by atoms with van der Waals surface area (Å²) in [5, 5.41) is 4.96. The highest BCUT2D eigenvalue weighted by atomic mass is 35.5. The van der Waals surface area contributed by atoms with Crippen molar-refractivity contribution in [2.24, 2.45) is 0 Å². The maximum absolute atomic E-state index is 12.0. The molecule has 0 spiro atoms. The van der Waals surface area contributed by atoms with Gasteiger partial charge in [0.1, 0.15) is 11.2 Å². The highest BCUT2D eigenvalue weighted by Crippen LogP contribution is 2.23. The number of fused-ring (bicyclic) bond motifs is 1. The quantitative estimate of drug-likeness (QED) is 0.774. The predicted octanol–water partition coefficient (Wildman–Crippen LogP) is 1.68. The molecule has 3 rings (SSSR count). The van der Waals surface area contributed by atoms with Crippen LogP contribution in [0.5, 0.6) is 0 Å². The molecule has 0 aliphatic heterocycles. The van der Waals surface area contributed by atoms with E-state index in [-0.39, 0.29) is 22.9 Å². The Kier molecular flexibility index (Phi) is 3.06. The summed E-state index contributed by atoms with van der Waals surface area (Å²) in [5.74, 6) is 0.166. The average molecular weight is 306 g/mol. The van der Waals surface area contributed by atoms with Crippen molar-refractivity contribution in [3.8, 4) is 5.69 Å². The van der Waals surface area contributed by atoms with Crippen LogP contribution in [0.4, 0.5) is 11.8 Å². The first-order valence-electron chi connectivity index (χ1n) is 6.10. The van der Waals surface area contributed by atoms with E-state index in [0.717, 1.165) is 0 Å². The van der Waals surface area contributed by atoms with Crippen LogP contribution >= 0.6 is 11.6 Å². The molecular weight excluding hydrogens is 294 g/mol. The first kappa shape index (κ1) is 13.4. The SMILES string of the molecule is CN(C)c1nc2nn(-c3cccc(Cl)c3)c(N)c2c(=O)o1. The summed E-state index contributed by atoms with van der Waals surface area (Å²) in [4.78, 5) is 17.8. The number of aromatic nitrogens is 3. The maximum atomic E-state index is 12.0. The summed E-state index contributed by atoms with van der Waals surface area (Å²) in [6, 6.07) is 7.15. The lowest BCUT2D eigenvalue weighted by molar-refractivity contribution is 0.502. The van der Waals surface area contributed by atoms with Crippen LogP contribution in [0.15, 0.2) is 33.5 Å². The molecule has 0 saturated heterocycles. The van der Waals surface area contributed by atoms with E-state index in [1.165, 1.54) is 4.68 Å². The number of nitrogen functional groups attached to an aromatic ring is 1. The molecule has 1 aromatic carbocycles. The molecule has 3 aromatic rings. The van der Waals surface area contributed by atoms with Gasteiger partial charge in [0.2, 0.25) is 0 Å². The molecule has 0 radical (unpaired) electrons. The largest absolute Gasteiger partial charge is 0.388 e. The number of nitrogens with two attached hydrogens (primary N) is 1. The zero-order valence-corrected chi connectivity index (χ0v) is 12.1. The van der Waals surface area contributed by atoms with Gasteiger partial charge in [-0.15, -0.1) is 5.10 Å². The van der Waals surface area contributed by atoms with Gasteiger partial charge in [0, 0.05) is 19.1 Å². The number of rotatable bonds is 2. The van der Waals surface area contributed by atoms with Crippen LogP contribution in [-0.4, -0.2) is 28.9 Å². The molecule has 0 aliphatic rings. The van der Waals surface area contributed by atoms with Crippen LogP contribution in [0.2, 0.25) is 5.02 Å². The molecule has 21 heavy (non-hydrogen) atoms. The van der Waals surface area contributed by atoms with Gasteiger partial charge in [-0.1, -0.05) is 17.7 Å². The number of hydrogen-bond donors (Lipinski definition) is 1. The van der Waals surface area contributed by atoms with Crippen LogP contribution < -0.4 is 16.3 Å². The maximum Gasteiger partial charge on any atom is 0.353 e. The lowest BCUT2D eigenvalue weighted by Crippen LogP contribution is -2.14. The normalized spacial score (nSPS) is 11.0. The second-order valence-electron chi connectivity index (χ2n) is 4.65. The molecule has 2 N–H and O–H groups in total. The molecule has 0 bridgehead atoms. The summed E-state index contributed by atoms with van der Waals surface area (Å²) in [5.41, 5.74) is 6.29. The van der Waals surface area contributed by atoms with E-state index in [9.17, 15) is 4.79 Å². The van der Waals surface area contributed by atoms with E-state index in [4.69, 9.17) is 21.8 Å². The van der Waals surface area contributed by atoms with Gasteiger partial charge in [-0.2, -0.15) is 4.98 Å². The Labute approximate surface area is 124 Å². The van der Waals surface area contributed by atoms with E-state index < -0.39 is 5.63 Å². The molecule has 7 nitrogen and oxygen atoms in total. The smallest absolute Gasteiger partial charge is 0.353 e. The molecule has 8 heteroatoms. The van der Waals surface area contributed by atoms with E-state index in [0.29, 0.717) is 10.7 Å². The van der Waals surface area contributed by atoms with Crippen molar-refractivity contribution in [2.45, 2.75) is 0 Å². The number of nitrogens with zero attached hydrogens (tertiary/aromatic N) is 4. The van der Waals surface area contributed by atoms with Gasteiger partial charge in [-0.05, 0) is 18.2 Å². The first-order valence-corrected chi connectivity index (χ1v) is 6.48. The third-order valence-corrected chi connectivity index (χ3v) is 3.16. The van der Waals surface area contributed by atoms with Gasteiger partial charge in [-0.25, -0.2) is 9.48 Å². The molecule has 0 saturated carbocycles. The van der Waals surface area contributed by atoms with E-state index >= 15 is 0 Å². The zero-order chi connectivity index (χ0) is 15.1. The number of benzene rings is 1. The molecule has 0 unspecified atom stereocenters. The second kappa shape index (κ2) is 4.78. The molecule has 0 amide bonds. The van der Waals surface area contributed by atoms with Crippen molar-refractivity contribution < 1.29 is 4.42 Å². The summed E-state index contributed by atoms with van der Waals surface area (Å²) in [6.07, 6.45) is 0. The lowest BCUT2D eigenvalue weighted by Gasteiger charge is -2.06. The van der Waals surface area contributed by atoms with E-state index in [2.05, 4.69) is 10.1 Å². The van der Waals surface area contributed by atoms with Crippen molar-refractivity contribution in [3.63, 3.8) is 0 Å². The van der Waals surface area contributed by atoms with Crippen LogP contribution in [0.25, 0.3) is 16.7 Å². The minimum absolute atomic E-state index is 0.153. The van der Waals surface area contributed by atoms with Crippen LogP contribution in [0.1, 0.15) is 0 Å². The molecular formula is C13H12ClN5O2. The second-order valence-corrected chi connectivity index (χ2v) is 5.09. The van der Waals surface area contributed by atoms with Crippen molar-refractivity contribution in [1.82, 2.24) is 14.8 Å². The number of anilines is 2. The first-order chi connectivity index (χ1) is 9.97. The Morgan fingerprint density at radius 1 is 1.38 bits per heavy atom. The molecule has 0 atom stereocenters. The van der Waals surface area contributed by atoms with Crippen molar-refractivity contribution >= 4 is 34.5 Å². The molecule has 2 heterocycles. The Balaban J connectivity index is 2.29. The van der Waals surface area contributed by atoms with Crippen LogP contribution in [0.3, 0.4) is 0 Å². The fourth-order valence-corrected chi connectivity index (χ4v) is 2.12. The van der Waals surface area contributed by atoms with Crippen LogP contribution in [-0.2, 0) is 0 Å². The Morgan fingerprint density at radius 2 is 2.14 bits per heavy atom. The molecule has 0 aliphatic carbocycles. The molecule has 0 fully saturated rings. The van der Waals surface area contributed by atoms with Gasteiger partial charge in [-0.3, -0.25) is 0 Å². The number of halogens is 1. The average Bonchev–Trinajstić information content (AvgIpc) is 2.76. The Morgan fingerprint density at radius 3 is 2.81 bits per heavy atom. The van der Waals surface area contributed by atoms with Gasteiger partial charge < -0.3 is 15.1 Å².